The number of methoxy groups -OCH3 is 1. The zero-order valence-corrected chi connectivity index (χ0v) is 14.7. The SMILES string of the molecule is COC(=O)CCC[NH2+][C@@H](C(=O)Nc1ccc(C)cc1)c1ccccc1. The van der Waals surface area contributed by atoms with Gasteiger partial charge in [0.15, 0.2) is 6.04 Å². The van der Waals surface area contributed by atoms with E-state index in [-0.39, 0.29) is 17.9 Å². The summed E-state index contributed by atoms with van der Waals surface area (Å²) >= 11 is 0. The molecule has 0 saturated carbocycles. The average Bonchev–Trinajstić information content (AvgIpc) is 2.64. The minimum atomic E-state index is -0.361. The maximum Gasteiger partial charge on any atom is 0.305 e. The molecule has 0 unspecified atom stereocenters. The molecule has 132 valence electrons. The van der Waals surface area contributed by atoms with Crippen molar-refractivity contribution in [1.29, 1.82) is 0 Å². The minimum Gasteiger partial charge on any atom is -0.469 e. The summed E-state index contributed by atoms with van der Waals surface area (Å²) in [6.07, 6.45) is 1.02. The normalized spacial score (nSPS) is 11.6. The van der Waals surface area contributed by atoms with Crippen molar-refractivity contribution < 1.29 is 19.6 Å². The summed E-state index contributed by atoms with van der Waals surface area (Å²) in [4.78, 5) is 24.0. The van der Waals surface area contributed by atoms with Crippen LogP contribution in [0.1, 0.15) is 30.0 Å². The molecule has 0 heterocycles. The number of carbonyl (C=O) groups is 2. The van der Waals surface area contributed by atoms with Crippen molar-refractivity contribution in [3.05, 3.63) is 65.7 Å². The number of nitrogens with two attached hydrogens (primary N) is 1. The van der Waals surface area contributed by atoms with Crippen molar-refractivity contribution in [2.45, 2.75) is 25.8 Å². The van der Waals surface area contributed by atoms with E-state index < -0.39 is 0 Å². The minimum absolute atomic E-state index is 0.0758. The quantitative estimate of drug-likeness (QED) is 0.571. The fraction of sp³-hybridized carbons (Fsp3) is 0.300. The first-order chi connectivity index (χ1) is 12.1. The maximum atomic E-state index is 12.7. The number of anilines is 1. The lowest BCUT2D eigenvalue weighted by atomic mass is 10.1. The molecule has 2 aromatic rings. The van der Waals surface area contributed by atoms with Crippen LogP contribution in [0, 0.1) is 6.92 Å². The predicted molar refractivity (Wildman–Crippen MR) is 97.0 cm³/mol. The number of esters is 1. The Hall–Kier alpha value is -2.66. The number of quaternary nitrogens is 1. The van der Waals surface area contributed by atoms with Crippen LogP contribution in [0.2, 0.25) is 0 Å². The van der Waals surface area contributed by atoms with E-state index in [1.165, 1.54) is 7.11 Å². The van der Waals surface area contributed by atoms with Crippen molar-refractivity contribution in [3.63, 3.8) is 0 Å². The van der Waals surface area contributed by atoms with Crippen LogP contribution < -0.4 is 10.6 Å². The van der Waals surface area contributed by atoms with Gasteiger partial charge in [-0.05, 0) is 19.1 Å². The Morgan fingerprint density at radius 1 is 1.08 bits per heavy atom. The number of nitrogens with one attached hydrogen (secondary N) is 1. The highest BCUT2D eigenvalue weighted by atomic mass is 16.5. The number of ether oxygens (including phenoxy) is 1. The molecule has 0 bridgehead atoms. The summed E-state index contributed by atoms with van der Waals surface area (Å²) < 4.78 is 4.65. The van der Waals surface area contributed by atoms with Crippen LogP contribution in [-0.4, -0.2) is 25.5 Å². The summed E-state index contributed by atoms with van der Waals surface area (Å²) in [7, 11) is 1.38. The molecule has 2 rings (SSSR count). The van der Waals surface area contributed by atoms with E-state index in [0.717, 1.165) is 16.8 Å². The topological polar surface area (TPSA) is 72.0 Å². The Balaban J connectivity index is 2.02. The van der Waals surface area contributed by atoms with Crippen LogP contribution in [0.3, 0.4) is 0 Å². The monoisotopic (exact) mass is 341 g/mol. The van der Waals surface area contributed by atoms with Gasteiger partial charge >= 0.3 is 5.97 Å². The standard InChI is InChI=1S/C20H24N2O3/c1-15-10-12-17(13-11-15)22-20(24)19(16-7-4-3-5-8-16)21-14-6-9-18(23)25-2/h3-5,7-8,10-13,19,21H,6,9,14H2,1-2H3,(H,22,24)/p+1/t19-/m1/s1. The molecular formula is C20H25N2O3+. The van der Waals surface area contributed by atoms with Gasteiger partial charge in [0.1, 0.15) is 0 Å². The molecule has 0 saturated heterocycles. The Kier molecular flexibility index (Phi) is 7.16. The lowest BCUT2D eigenvalue weighted by Crippen LogP contribution is -2.87. The third-order valence-corrected chi connectivity index (χ3v) is 3.98. The smallest absolute Gasteiger partial charge is 0.305 e. The van der Waals surface area contributed by atoms with E-state index in [0.29, 0.717) is 19.4 Å². The van der Waals surface area contributed by atoms with Crippen molar-refractivity contribution in [2.75, 3.05) is 19.0 Å². The molecular weight excluding hydrogens is 316 g/mol. The molecule has 0 spiro atoms. The van der Waals surface area contributed by atoms with Gasteiger partial charge in [-0.3, -0.25) is 9.59 Å². The van der Waals surface area contributed by atoms with Crippen LogP contribution in [0.25, 0.3) is 0 Å². The van der Waals surface area contributed by atoms with Crippen molar-refractivity contribution in [3.8, 4) is 0 Å². The number of rotatable bonds is 8. The molecule has 5 heteroatoms. The van der Waals surface area contributed by atoms with Gasteiger partial charge in [0.05, 0.1) is 20.1 Å². The zero-order valence-electron chi connectivity index (χ0n) is 14.7. The summed E-state index contributed by atoms with van der Waals surface area (Å²) in [5.41, 5.74) is 2.86. The number of hydrogen-bond donors (Lipinski definition) is 2. The van der Waals surface area contributed by atoms with Gasteiger partial charge in [0.2, 0.25) is 0 Å². The van der Waals surface area contributed by atoms with Crippen LogP contribution >= 0.6 is 0 Å². The van der Waals surface area contributed by atoms with Gasteiger partial charge in [-0.1, -0.05) is 48.0 Å². The first-order valence-electron chi connectivity index (χ1n) is 8.43. The molecule has 0 aliphatic heterocycles. The molecule has 0 aliphatic carbocycles. The maximum absolute atomic E-state index is 12.7. The third-order valence-electron chi connectivity index (χ3n) is 3.98. The van der Waals surface area contributed by atoms with Crippen molar-refractivity contribution in [1.82, 2.24) is 0 Å². The molecule has 0 aromatic heterocycles. The van der Waals surface area contributed by atoms with Crippen LogP contribution in [-0.2, 0) is 14.3 Å². The average molecular weight is 341 g/mol. The summed E-state index contributed by atoms with van der Waals surface area (Å²) in [5.74, 6) is -0.304. The Morgan fingerprint density at radius 3 is 2.40 bits per heavy atom. The highest BCUT2D eigenvalue weighted by Gasteiger charge is 2.23. The molecule has 5 nitrogen and oxygen atoms in total. The Labute approximate surface area is 148 Å². The molecule has 0 aliphatic rings. The van der Waals surface area contributed by atoms with Gasteiger partial charge in [-0.25, -0.2) is 0 Å². The van der Waals surface area contributed by atoms with Crippen molar-refractivity contribution in [2.24, 2.45) is 0 Å². The molecule has 3 N–H and O–H groups in total. The van der Waals surface area contributed by atoms with Gasteiger partial charge in [-0.15, -0.1) is 0 Å². The number of benzene rings is 2. The largest absolute Gasteiger partial charge is 0.469 e. The van der Waals surface area contributed by atoms with Crippen LogP contribution in [0.4, 0.5) is 5.69 Å². The number of amides is 1. The van der Waals surface area contributed by atoms with Gasteiger partial charge < -0.3 is 15.4 Å². The Morgan fingerprint density at radius 2 is 1.76 bits per heavy atom. The third kappa shape index (κ3) is 6.04. The number of carbonyl (C=O) groups excluding carboxylic acids is 2. The zero-order chi connectivity index (χ0) is 18.1. The highest BCUT2D eigenvalue weighted by molar-refractivity contribution is 5.94. The fourth-order valence-corrected chi connectivity index (χ4v) is 2.54. The van der Waals surface area contributed by atoms with E-state index in [1.54, 1.807) is 0 Å². The first-order valence-corrected chi connectivity index (χ1v) is 8.43. The number of aryl methyl sites for hydroxylation is 1. The molecule has 0 fully saturated rings. The van der Waals surface area contributed by atoms with E-state index >= 15 is 0 Å². The molecule has 0 radical (unpaired) electrons. The molecule has 1 atom stereocenters. The highest BCUT2D eigenvalue weighted by Crippen LogP contribution is 2.14. The molecule has 25 heavy (non-hydrogen) atoms. The molecule has 1 amide bonds. The lowest BCUT2D eigenvalue weighted by molar-refractivity contribution is -0.682. The van der Waals surface area contributed by atoms with Gasteiger partial charge in [-0.2, -0.15) is 0 Å². The van der Waals surface area contributed by atoms with E-state index in [2.05, 4.69) is 10.1 Å². The Bertz CT molecular complexity index is 684. The van der Waals surface area contributed by atoms with Crippen LogP contribution in [0.5, 0.6) is 0 Å². The molecule has 2 aromatic carbocycles. The van der Waals surface area contributed by atoms with Gasteiger partial charge in [0, 0.05) is 17.7 Å². The first kappa shape index (κ1) is 18.7. The van der Waals surface area contributed by atoms with Gasteiger partial charge in [0.25, 0.3) is 5.91 Å². The summed E-state index contributed by atoms with van der Waals surface area (Å²) in [6.45, 7) is 2.67. The second kappa shape index (κ2) is 9.59. The summed E-state index contributed by atoms with van der Waals surface area (Å²) in [5, 5.41) is 4.93. The van der Waals surface area contributed by atoms with Crippen molar-refractivity contribution >= 4 is 17.6 Å². The fourth-order valence-electron chi connectivity index (χ4n) is 2.54. The van der Waals surface area contributed by atoms with E-state index in [1.807, 2.05) is 66.8 Å². The predicted octanol–water partition coefficient (Wildman–Crippen LogP) is 2.19. The van der Waals surface area contributed by atoms with E-state index in [9.17, 15) is 9.59 Å². The van der Waals surface area contributed by atoms with Crippen LogP contribution in [0.15, 0.2) is 54.6 Å². The second-order valence-electron chi connectivity index (χ2n) is 5.95. The number of hydrogen-bond acceptors (Lipinski definition) is 3. The lowest BCUT2D eigenvalue weighted by Gasteiger charge is -2.16. The summed E-state index contributed by atoms with van der Waals surface area (Å²) in [6, 6.07) is 17.0. The van der Waals surface area contributed by atoms with E-state index in [4.69, 9.17) is 0 Å². The second-order valence-corrected chi connectivity index (χ2v) is 5.95.